The minimum atomic E-state index is -0.558. The second-order valence-corrected chi connectivity index (χ2v) is 7.34. The third kappa shape index (κ3) is 5.81. The highest BCUT2D eigenvalue weighted by atomic mass is 16.5. The van der Waals surface area contributed by atoms with Crippen molar-refractivity contribution in [3.63, 3.8) is 0 Å². The first-order valence-electron chi connectivity index (χ1n) is 9.53. The fraction of sp³-hybridized carbons (Fsp3) is 0.409. The molecule has 1 amide bonds. The summed E-state index contributed by atoms with van der Waals surface area (Å²) in [6, 6.07) is 15.8. The molecule has 0 aliphatic carbocycles. The number of nitrogens with zero attached hydrogens (tertiary/aromatic N) is 2. The molecule has 0 saturated carbocycles. The van der Waals surface area contributed by atoms with Gasteiger partial charge in [-0.15, -0.1) is 0 Å². The molecule has 144 valence electrons. The minimum Gasteiger partial charge on any atom is -0.481 e. The fourth-order valence-corrected chi connectivity index (χ4v) is 3.08. The molecule has 0 bridgehead atoms. The number of likely N-dealkylation sites (N-methyl/N-ethyl adjacent to an activating group) is 1. The second-order valence-electron chi connectivity index (χ2n) is 7.34. The largest absolute Gasteiger partial charge is 0.481 e. The number of rotatable bonds is 6. The van der Waals surface area contributed by atoms with Gasteiger partial charge in [0.05, 0.1) is 0 Å². The van der Waals surface area contributed by atoms with Crippen LogP contribution in [-0.4, -0.2) is 55.0 Å². The molecule has 0 aromatic heterocycles. The van der Waals surface area contributed by atoms with Gasteiger partial charge in [-0.2, -0.15) is 0 Å². The van der Waals surface area contributed by atoms with Crippen LogP contribution in [0, 0.1) is 6.92 Å². The molecule has 1 heterocycles. The average Bonchev–Trinajstić information content (AvgIpc) is 2.67. The number of hydrogen-bond donors (Lipinski definition) is 1. The highest BCUT2D eigenvalue weighted by molar-refractivity contribution is 5.94. The van der Waals surface area contributed by atoms with E-state index in [-0.39, 0.29) is 5.91 Å². The number of nitrogens with one attached hydrogen (secondary N) is 1. The first-order chi connectivity index (χ1) is 13.0. The zero-order valence-corrected chi connectivity index (χ0v) is 16.4. The van der Waals surface area contributed by atoms with E-state index in [1.165, 1.54) is 5.56 Å². The summed E-state index contributed by atoms with van der Waals surface area (Å²) in [5.74, 6) is 0.549. The Hall–Kier alpha value is -2.37. The summed E-state index contributed by atoms with van der Waals surface area (Å²) in [6.07, 6.45) is -0.558. The van der Waals surface area contributed by atoms with Crippen LogP contribution in [0.2, 0.25) is 0 Å². The average molecular weight is 367 g/mol. The molecule has 2 aromatic carbocycles. The van der Waals surface area contributed by atoms with E-state index in [4.69, 9.17) is 4.74 Å². The Balaban J connectivity index is 1.49. The van der Waals surface area contributed by atoms with Crippen molar-refractivity contribution < 1.29 is 9.53 Å². The third-order valence-electron chi connectivity index (χ3n) is 4.93. The Kier molecular flexibility index (Phi) is 6.48. The van der Waals surface area contributed by atoms with Crippen molar-refractivity contribution in [2.45, 2.75) is 26.5 Å². The van der Waals surface area contributed by atoms with Gasteiger partial charge in [0.1, 0.15) is 5.75 Å². The van der Waals surface area contributed by atoms with Crippen molar-refractivity contribution in [3.05, 3.63) is 59.7 Å². The van der Waals surface area contributed by atoms with Crippen LogP contribution in [0.25, 0.3) is 0 Å². The molecule has 3 rings (SSSR count). The number of hydrogen-bond acceptors (Lipinski definition) is 4. The van der Waals surface area contributed by atoms with E-state index < -0.39 is 6.10 Å². The zero-order valence-electron chi connectivity index (χ0n) is 16.4. The van der Waals surface area contributed by atoms with Crippen LogP contribution in [0.5, 0.6) is 5.75 Å². The van der Waals surface area contributed by atoms with Gasteiger partial charge >= 0.3 is 0 Å². The summed E-state index contributed by atoms with van der Waals surface area (Å²) in [4.78, 5) is 17.2. The van der Waals surface area contributed by atoms with Gasteiger partial charge in [-0.05, 0) is 50.7 Å². The van der Waals surface area contributed by atoms with Crippen molar-refractivity contribution >= 4 is 11.6 Å². The highest BCUT2D eigenvalue weighted by Crippen LogP contribution is 2.16. The monoisotopic (exact) mass is 367 g/mol. The maximum Gasteiger partial charge on any atom is 0.265 e. The number of carbonyl (C=O) groups excluding carboxylic acids is 1. The van der Waals surface area contributed by atoms with Crippen LogP contribution >= 0.6 is 0 Å². The Morgan fingerprint density at radius 3 is 2.30 bits per heavy atom. The van der Waals surface area contributed by atoms with Crippen LogP contribution in [0.1, 0.15) is 18.1 Å². The standard InChI is InChI=1S/C22H29N3O2/c1-17-4-10-21(11-5-17)27-18(2)22(26)23-20-8-6-19(7-9-20)16-25-14-12-24(3)13-15-25/h4-11,18H,12-16H2,1-3H3,(H,23,26). The molecule has 5 nitrogen and oxygen atoms in total. The molecule has 1 N–H and O–H groups in total. The molecule has 1 atom stereocenters. The molecule has 1 unspecified atom stereocenters. The Morgan fingerprint density at radius 2 is 1.67 bits per heavy atom. The minimum absolute atomic E-state index is 0.151. The predicted octanol–water partition coefficient (Wildman–Crippen LogP) is 3.15. The SMILES string of the molecule is Cc1ccc(OC(C)C(=O)Nc2ccc(CN3CCN(C)CC3)cc2)cc1. The molecular formula is C22H29N3O2. The van der Waals surface area contributed by atoms with E-state index in [1.807, 2.05) is 43.3 Å². The van der Waals surface area contributed by atoms with Gasteiger partial charge in [0.2, 0.25) is 0 Å². The number of anilines is 1. The summed E-state index contributed by atoms with van der Waals surface area (Å²) in [5, 5.41) is 2.93. The maximum atomic E-state index is 12.4. The molecule has 27 heavy (non-hydrogen) atoms. The van der Waals surface area contributed by atoms with Crippen LogP contribution in [0.3, 0.4) is 0 Å². The van der Waals surface area contributed by atoms with Crippen LogP contribution in [0.4, 0.5) is 5.69 Å². The van der Waals surface area contributed by atoms with E-state index in [1.54, 1.807) is 6.92 Å². The summed E-state index contributed by atoms with van der Waals surface area (Å²) < 4.78 is 5.71. The normalized spacial score (nSPS) is 16.7. The Morgan fingerprint density at radius 1 is 1.04 bits per heavy atom. The molecule has 0 spiro atoms. The summed E-state index contributed by atoms with van der Waals surface area (Å²) in [6.45, 7) is 9.17. The quantitative estimate of drug-likeness (QED) is 0.852. The van der Waals surface area contributed by atoms with Crippen molar-refractivity contribution in [3.8, 4) is 5.75 Å². The van der Waals surface area contributed by atoms with E-state index in [9.17, 15) is 4.79 Å². The first-order valence-corrected chi connectivity index (χ1v) is 9.53. The van der Waals surface area contributed by atoms with Crippen LogP contribution in [0.15, 0.2) is 48.5 Å². The lowest BCUT2D eigenvalue weighted by atomic mass is 10.1. The van der Waals surface area contributed by atoms with Crippen molar-refractivity contribution in [2.75, 3.05) is 38.5 Å². The number of aryl methyl sites for hydroxylation is 1. The lowest BCUT2D eigenvalue weighted by Crippen LogP contribution is -2.43. The van der Waals surface area contributed by atoms with Gasteiger partial charge in [0.15, 0.2) is 6.10 Å². The van der Waals surface area contributed by atoms with E-state index in [0.717, 1.165) is 44.0 Å². The number of benzene rings is 2. The van der Waals surface area contributed by atoms with Gasteiger partial charge in [-0.3, -0.25) is 9.69 Å². The molecule has 5 heteroatoms. The Bertz CT molecular complexity index is 735. The van der Waals surface area contributed by atoms with Gasteiger partial charge in [-0.1, -0.05) is 29.8 Å². The van der Waals surface area contributed by atoms with E-state index in [2.05, 4.69) is 34.3 Å². The number of amides is 1. The predicted molar refractivity (Wildman–Crippen MR) is 109 cm³/mol. The molecule has 1 fully saturated rings. The van der Waals surface area contributed by atoms with Crippen molar-refractivity contribution in [1.82, 2.24) is 9.80 Å². The van der Waals surface area contributed by atoms with Crippen molar-refractivity contribution in [2.24, 2.45) is 0 Å². The lowest BCUT2D eigenvalue weighted by Gasteiger charge is -2.32. The summed E-state index contributed by atoms with van der Waals surface area (Å²) in [5.41, 5.74) is 3.22. The summed E-state index contributed by atoms with van der Waals surface area (Å²) >= 11 is 0. The van der Waals surface area contributed by atoms with Gasteiger partial charge < -0.3 is 15.0 Å². The fourth-order valence-electron chi connectivity index (χ4n) is 3.08. The van der Waals surface area contributed by atoms with Crippen LogP contribution in [-0.2, 0) is 11.3 Å². The third-order valence-corrected chi connectivity index (χ3v) is 4.93. The van der Waals surface area contributed by atoms with E-state index >= 15 is 0 Å². The van der Waals surface area contributed by atoms with Gasteiger partial charge in [-0.25, -0.2) is 0 Å². The topological polar surface area (TPSA) is 44.8 Å². The Labute approximate surface area is 161 Å². The molecular weight excluding hydrogens is 338 g/mol. The number of piperazine rings is 1. The summed E-state index contributed by atoms with van der Waals surface area (Å²) in [7, 11) is 2.17. The van der Waals surface area contributed by atoms with Crippen LogP contribution < -0.4 is 10.1 Å². The van der Waals surface area contributed by atoms with Gasteiger partial charge in [0.25, 0.3) is 5.91 Å². The molecule has 2 aromatic rings. The maximum absolute atomic E-state index is 12.4. The number of ether oxygens (including phenoxy) is 1. The molecule has 1 saturated heterocycles. The lowest BCUT2D eigenvalue weighted by molar-refractivity contribution is -0.122. The zero-order chi connectivity index (χ0) is 19.2. The molecule has 0 radical (unpaired) electrons. The molecule has 1 aliphatic rings. The smallest absolute Gasteiger partial charge is 0.265 e. The highest BCUT2D eigenvalue weighted by Gasteiger charge is 2.16. The number of carbonyl (C=O) groups is 1. The van der Waals surface area contributed by atoms with Crippen molar-refractivity contribution in [1.29, 1.82) is 0 Å². The van der Waals surface area contributed by atoms with Gasteiger partial charge in [0, 0.05) is 38.4 Å². The van der Waals surface area contributed by atoms with E-state index in [0.29, 0.717) is 5.75 Å². The molecule has 1 aliphatic heterocycles. The second kappa shape index (κ2) is 9.02. The first kappa shape index (κ1) is 19.4.